The van der Waals surface area contributed by atoms with Gasteiger partial charge in [0.05, 0.1) is 12.8 Å². The van der Waals surface area contributed by atoms with Gasteiger partial charge in [-0.05, 0) is 0 Å². The Bertz CT molecular complexity index is 669. The van der Waals surface area contributed by atoms with Gasteiger partial charge in [0.1, 0.15) is 6.54 Å². The molecule has 0 aliphatic carbocycles. The predicted molar refractivity (Wildman–Crippen MR) is 86.4 cm³/mol. The van der Waals surface area contributed by atoms with E-state index in [-0.39, 0.29) is 32.0 Å². The van der Waals surface area contributed by atoms with Crippen molar-refractivity contribution in [1.82, 2.24) is 9.88 Å². The number of aliphatic carboxylic acids is 1. The van der Waals surface area contributed by atoms with E-state index in [1.807, 2.05) is 30.3 Å². The van der Waals surface area contributed by atoms with Crippen LogP contribution >= 0.6 is 0 Å². The molecule has 0 atom stereocenters. The highest BCUT2D eigenvalue weighted by Gasteiger charge is 2.17. The van der Waals surface area contributed by atoms with Crippen LogP contribution in [0.2, 0.25) is 0 Å². The van der Waals surface area contributed by atoms with Crippen molar-refractivity contribution in [1.29, 1.82) is 0 Å². The SMILES string of the molecule is COCCN(CC(=O)O)C(=O)CCc1ncc(-c2ccccc2)o1. The molecule has 1 N–H and O–H groups in total. The number of aromatic nitrogens is 1. The standard InChI is InChI=1S/C17H20N2O5/c1-23-10-9-19(12-17(21)22)16(20)8-7-15-18-11-14(24-15)13-5-3-2-4-6-13/h2-6,11H,7-10,12H2,1H3,(H,21,22). The van der Waals surface area contributed by atoms with E-state index in [2.05, 4.69) is 4.98 Å². The van der Waals surface area contributed by atoms with E-state index >= 15 is 0 Å². The summed E-state index contributed by atoms with van der Waals surface area (Å²) in [7, 11) is 1.50. The minimum Gasteiger partial charge on any atom is -0.480 e. The molecule has 7 heteroatoms. The Morgan fingerprint density at radius 2 is 2.04 bits per heavy atom. The van der Waals surface area contributed by atoms with Gasteiger partial charge in [-0.1, -0.05) is 30.3 Å². The summed E-state index contributed by atoms with van der Waals surface area (Å²) in [6.45, 7) is 0.182. The molecule has 1 aromatic heterocycles. The lowest BCUT2D eigenvalue weighted by Gasteiger charge is -2.19. The highest BCUT2D eigenvalue weighted by Crippen LogP contribution is 2.20. The van der Waals surface area contributed by atoms with Crippen LogP contribution in [0, 0.1) is 0 Å². The lowest BCUT2D eigenvalue weighted by atomic mass is 10.2. The van der Waals surface area contributed by atoms with Gasteiger partial charge in [-0.3, -0.25) is 9.59 Å². The number of carbonyl (C=O) groups excluding carboxylic acids is 1. The van der Waals surface area contributed by atoms with Gasteiger partial charge >= 0.3 is 5.97 Å². The molecule has 7 nitrogen and oxygen atoms in total. The molecule has 0 aliphatic heterocycles. The normalized spacial score (nSPS) is 10.5. The first-order valence-electron chi connectivity index (χ1n) is 7.58. The fourth-order valence-corrected chi connectivity index (χ4v) is 2.19. The van der Waals surface area contributed by atoms with Gasteiger partial charge in [0.2, 0.25) is 5.91 Å². The third kappa shape index (κ3) is 5.20. The number of aryl methyl sites for hydroxylation is 1. The van der Waals surface area contributed by atoms with Gasteiger partial charge in [0, 0.05) is 32.1 Å². The van der Waals surface area contributed by atoms with Gasteiger partial charge in [-0.25, -0.2) is 4.98 Å². The van der Waals surface area contributed by atoms with E-state index in [0.29, 0.717) is 18.1 Å². The molecule has 0 saturated heterocycles. The summed E-state index contributed by atoms with van der Waals surface area (Å²) < 4.78 is 10.5. The Hall–Kier alpha value is -2.67. The third-order valence-electron chi connectivity index (χ3n) is 3.41. The van der Waals surface area contributed by atoms with Crippen molar-refractivity contribution in [2.45, 2.75) is 12.8 Å². The van der Waals surface area contributed by atoms with E-state index in [1.54, 1.807) is 6.20 Å². The molecule has 0 unspecified atom stereocenters. The Morgan fingerprint density at radius 3 is 2.71 bits per heavy atom. The van der Waals surface area contributed by atoms with E-state index in [1.165, 1.54) is 12.0 Å². The first-order chi connectivity index (χ1) is 11.6. The maximum atomic E-state index is 12.2. The zero-order valence-electron chi connectivity index (χ0n) is 13.5. The smallest absolute Gasteiger partial charge is 0.323 e. The van der Waals surface area contributed by atoms with Gasteiger partial charge in [0.15, 0.2) is 11.7 Å². The maximum Gasteiger partial charge on any atom is 0.323 e. The summed E-state index contributed by atoms with van der Waals surface area (Å²) in [6.07, 6.45) is 2.07. The van der Waals surface area contributed by atoms with Crippen LogP contribution in [0.4, 0.5) is 0 Å². The van der Waals surface area contributed by atoms with Crippen molar-refractivity contribution in [3.63, 3.8) is 0 Å². The van der Waals surface area contributed by atoms with Crippen LogP contribution in [0.3, 0.4) is 0 Å². The van der Waals surface area contributed by atoms with Gasteiger partial charge in [0.25, 0.3) is 0 Å². The van der Waals surface area contributed by atoms with Crippen molar-refractivity contribution in [2.75, 3.05) is 26.8 Å². The average molecular weight is 332 g/mol. The number of amides is 1. The van der Waals surface area contributed by atoms with Gasteiger partial charge < -0.3 is 19.2 Å². The van der Waals surface area contributed by atoms with E-state index in [4.69, 9.17) is 14.3 Å². The Balaban J connectivity index is 1.92. The van der Waals surface area contributed by atoms with Crippen LogP contribution < -0.4 is 0 Å². The predicted octanol–water partition coefficient (Wildman–Crippen LogP) is 1.83. The highest BCUT2D eigenvalue weighted by molar-refractivity contribution is 5.81. The zero-order chi connectivity index (χ0) is 17.4. The maximum absolute atomic E-state index is 12.2. The lowest BCUT2D eigenvalue weighted by Crippen LogP contribution is -2.38. The molecule has 0 aliphatic rings. The molecule has 1 aromatic carbocycles. The van der Waals surface area contributed by atoms with Gasteiger partial charge in [-0.2, -0.15) is 0 Å². The van der Waals surface area contributed by atoms with Gasteiger partial charge in [-0.15, -0.1) is 0 Å². The molecule has 128 valence electrons. The number of oxazole rings is 1. The minimum atomic E-state index is -1.05. The van der Waals surface area contributed by atoms with E-state index in [9.17, 15) is 9.59 Å². The number of methoxy groups -OCH3 is 1. The second-order valence-corrected chi connectivity index (χ2v) is 5.19. The number of rotatable bonds is 9. The number of hydrogen-bond donors (Lipinski definition) is 1. The number of carboxylic acid groups (broad SMARTS) is 1. The highest BCUT2D eigenvalue weighted by atomic mass is 16.5. The topological polar surface area (TPSA) is 92.9 Å². The molecular weight excluding hydrogens is 312 g/mol. The number of nitrogens with zero attached hydrogens (tertiary/aromatic N) is 2. The summed E-state index contributed by atoms with van der Waals surface area (Å²) in [4.78, 5) is 28.4. The molecule has 24 heavy (non-hydrogen) atoms. The van der Waals surface area contributed by atoms with Crippen LogP contribution in [0.15, 0.2) is 40.9 Å². The molecule has 1 amide bonds. The van der Waals surface area contributed by atoms with Crippen molar-refractivity contribution >= 4 is 11.9 Å². The Kier molecular flexibility index (Phi) is 6.51. The first-order valence-corrected chi connectivity index (χ1v) is 7.58. The molecular formula is C17H20N2O5. The van der Waals surface area contributed by atoms with Crippen molar-refractivity contribution in [2.24, 2.45) is 0 Å². The molecule has 0 radical (unpaired) electrons. The molecule has 0 fully saturated rings. The van der Waals surface area contributed by atoms with Crippen LogP contribution in [-0.2, 0) is 20.7 Å². The number of carboxylic acids is 1. The first kappa shape index (κ1) is 17.7. The summed E-state index contributed by atoms with van der Waals surface area (Å²) >= 11 is 0. The summed E-state index contributed by atoms with van der Waals surface area (Å²) in [6, 6.07) is 9.54. The molecule has 1 heterocycles. The summed E-state index contributed by atoms with van der Waals surface area (Å²) in [5.41, 5.74) is 0.912. The second-order valence-electron chi connectivity index (χ2n) is 5.19. The summed E-state index contributed by atoms with van der Waals surface area (Å²) in [5.74, 6) is -0.236. The molecule has 0 bridgehead atoms. The second kappa shape index (κ2) is 8.83. The van der Waals surface area contributed by atoms with Crippen LogP contribution in [0.1, 0.15) is 12.3 Å². The fourth-order valence-electron chi connectivity index (χ4n) is 2.19. The van der Waals surface area contributed by atoms with Crippen LogP contribution in [-0.4, -0.2) is 53.7 Å². The molecule has 0 spiro atoms. The lowest BCUT2D eigenvalue weighted by molar-refractivity contribution is -0.144. The molecule has 0 saturated carbocycles. The monoisotopic (exact) mass is 332 g/mol. The molecule has 2 rings (SSSR count). The Morgan fingerprint density at radius 1 is 1.29 bits per heavy atom. The van der Waals surface area contributed by atoms with Crippen molar-refractivity contribution < 1.29 is 23.8 Å². The molecule has 2 aromatic rings. The average Bonchev–Trinajstić information content (AvgIpc) is 3.06. The van der Waals surface area contributed by atoms with Crippen molar-refractivity contribution in [3.05, 3.63) is 42.4 Å². The van der Waals surface area contributed by atoms with Crippen molar-refractivity contribution in [3.8, 4) is 11.3 Å². The van der Waals surface area contributed by atoms with E-state index in [0.717, 1.165) is 5.56 Å². The number of ether oxygens (including phenoxy) is 1. The minimum absolute atomic E-state index is 0.131. The fraction of sp³-hybridized carbons (Fsp3) is 0.353. The Labute approximate surface area is 139 Å². The zero-order valence-corrected chi connectivity index (χ0v) is 13.5. The quantitative estimate of drug-likeness (QED) is 0.753. The van der Waals surface area contributed by atoms with Crippen LogP contribution in [0.25, 0.3) is 11.3 Å². The number of carbonyl (C=O) groups is 2. The third-order valence-corrected chi connectivity index (χ3v) is 3.41. The van der Waals surface area contributed by atoms with Crippen LogP contribution in [0.5, 0.6) is 0 Å². The summed E-state index contributed by atoms with van der Waals surface area (Å²) in [5, 5.41) is 8.88. The van der Waals surface area contributed by atoms with E-state index < -0.39 is 5.97 Å². The largest absolute Gasteiger partial charge is 0.480 e. The number of benzene rings is 1. The number of hydrogen-bond acceptors (Lipinski definition) is 5.